The van der Waals surface area contributed by atoms with Crippen molar-refractivity contribution >= 4 is 27.8 Å². The summed E-state index contributed by atoms with van der Waals surface area (Å²) in [5.41, 5.74) is 0.685. The average Bonchev–Trinajstić information content (AvgIpc) is 2.81. The highest BCUT2D eigenvalue weighted by Gasteiger charge is 2.44. The van der Waals surface area contributed by atoms with Gasteiger partial charge in [0, 0.05) is 5.75 Å². The molecule has 0 amide bonds. The fourth-order valence-corrected chi connectivity index (χ4v) is 5.68. The van der Waals surface area contributed by atoms with Gasteiger partial charge in [-0.1, -0.05) is 0 Å². The van der Waals surface area contributed by atoms with Crippen LogP contribution in [0.1, 0.15) is 12.5 Å². The van der Waals surface area contributed by atoms with Crippen molar-refractivity contribution in [3.8, 4) is 5.75 Å². The van der Waals surface area contributed by atoms with Gasteiger partial charge in [-0.2, -0.15) is 4.31 Å². The molecule has 1 aliphatic heterocycles. The minimum Gasteiger partial charge on any atom is -0.496 e. The van der Waals surface area contributed by atoms with Gasteiger partial charge in [-0.3, -0.25) is 4.79 Å². The summed E-state index contributed by atoms with van der Waals surface area (Å²) < 4.78 is 31.6. The highest BCUT2D eigenvalue weighted by atomic mass is 32.2. The Labute approximate surface area is 128 Å². The fraction of sp³-hybridized carbons (Fsp3) is 0.462. The van der Waals surface area contributed by atoms with Gasteiger partial charge < -0.3 is 9.84 Å². The molecule has 1 aromatic carbocycles. The number of hydrogen-bond acceptors (Lipinski definition) is 5. The van der Waals surface area contributed by atoms with Crippen molar-refractivity contribution in [3.05, 3.63) is 23.8 Å². The Bertz CT molecular complexity index is 659. The van der Waals surface area contributed by atoms with Crippen LogP contribution in [0.15, 0.2) is 23.1 Å². The molecule has 116 valence electrons. The van der Waals surface area contributed by atoms with Gasteiger partial charge in [0.15, 0.2) is 0 Å². The van der Waals surface area contributed by atoms with Crippen molar-refractivity contribution in [2.24, 2.45) is 0 Å². The summed E-state index contributed by atoms with van der Waals surface area (Å²) in [6, 6.07) is 3.49. The van der Waals surface area contributed by atoms with Crippen LogP contribution in [0, 0.1) is 6.92 Å². The van der Waals surface area contributed by atoms with Gasteiger partial charge in [-0.15, -0.1) is 11.8 Å². The summed E-state index contributed by atoms with van der Waals surface area (Å²) >= 11 is 1.32. The third kappa shape index (κ3) is 2.88. The van der Waals surface area contributed by atoms with Crippen LogP contribution < -0.4 is 4.74 Å². The Hall–Kier alpha value is -1.25. The maximum absolute atomic E-state index is 12.7. The van der Waals surface area contributed by atoms with Crippen LogP contribution in [0.2, 0.25) is 0 Å². The first-order chi connectivity index (χ1) is 9.78. The minimum atomic E-state index is -3.85. The number of aliphatic carboxylic acids is 1. The molecule has 21 heavy (non-hydrogen) atoms. The summed E-state index contributed by atoms with van der Waals surface area (Å²) in [5.74, 6) is -0.279. The number of benzene rings is 1. The van der Waals surface area contributed by atoms with Crippen LogP contribution in [0.3, 0.4) is 0 Å². The van der Waals surface area contributed by atoms with E-state index in [-0.39, 0.29) is 10.6 Å². The molecule has 1 saturated heterocycles. The van der Waals surface area contributed by atoms with Crippen molar-refractivity contribution in [1.29, 1.82) is 0 Å². The Morgan fingerprint density at radius 1 is 1.48 bits per heavy atom. The zero-order valence-corrected chi connectivity index (χ0v) is 13.6. The molecule has 1 aliphatic rings. The first-order valence-corrected chi connectivity index (χ1v) is 8.80. The first-order valence-electron chi connectivity index (χ1n) is 6.31. The number of methoxy groups -OCH3 is 1. The summed E-state index contributed by atoms with van der Waals surface area (Å²) in [7, 11) is -2.34. The number of carboxylic acids is 1. The molecule has 2 unspecified atom stereocenters. The summed E-state index contributed by atoms with van der Waals surface area (Å²) in [5, 5.41) is 8.80. The van der Waals surface area contributed by atoms with E-state index in [0.29, 0.717) is 11.3 Å². The Balaban J connectivity index is 2.46. The lowest BCUT2D eigenvalue weighted by Gasteiger charge is -2.24. The average molecular weight is 331 g/mol. The number of sulfonamides is 1. The number of rotatable bonds is 4. The third-order valence-electron chi connectivity index (χ3n) is 3.39. The molecule has 2 atom stereocenters. The zero-order valence-electron chi connectivity index (χ0n) is 11.9. The predicted molar refractivity (Wildman–Crippen MR) is 80.1 cm³/mol. The maximum atomic E-state index is 12.7. The van der Waals surface area contributed by atoms with E-state index in [0.717, 1.165) is 4.31 Å². The minimum absolute atomic E-state index is 0.0846. The van der Waals surface area contributed by atoms with Gasteiger partial charge in [-0.25, -0.2) is 8.42 Å². The van der Waals surface area contributed by atoms with Crippen LogP contribution in [0.4, 0.5) is 0 Å². The molecule has 0 spiro atoms. The summed E-state index contributed by atoms with van der Waals surface area (Å²) in [6.07, 6.45) is 0. The normalized spacial score (nSPS) is 23.2. The molecule has 0 radical (unpaired) electrons. The van der Waals surface area contributed by atoms with E-state index in [1.54, 1.807) is 19.9 Å². The van der Waals surface area contributed by atoms with Gasteiger partial charge in [0.2, 0.25) is 10.0 Å². The molecule has 0 saturated carbocycles. The van der Waals surface area contributed by atoms with E-state index in [1.807, 2.05) is 0 Å². The molecular weight excluding hydrogens is 314 g/mol. The first kappa shape index (κ1) is 16.1. The van der Waals surface area contributed by atoms with Gasteiger partial charge in [0.1, 0.15) is 11.8 Å². The molecule has 0 bridgehead atoms. The number of hydrogen-bond donors (Lipinski definition) is 1. The maximum Gasteiger partial charge on any atom is 0.322 e. The van der Waals surface area contributed by atoms with Crippen LogP contribution in [0.25, 0.3) is 0 Å². The van der Waals surface area contributed by atoms with Crippen molar-refractivity contribution in [1.82, 2.24) is 4.31 Å². The van der Waals surface area contributed by atoms with Gasteiger partial charge in [-0.05, 0) is 37.6 Å². The zero-order chi connectivity index (χ0) is 15.8. The highest BCUT2D eigenvalue weighted by Crippen LogP contribution is 2.35. The lowest BCUT2D eigenvalue weighted by atomic mass is 10.2. The van der Waals surface area contributed by atoms with E-state index in [1.165, 1.54) is 31.0 Å². The predicted octanol–water partition coefficient (Wildman–Crippen LogP) is 1.54. The van der Waals surface area contributed by atoms with E-state index in [2.05, 4.69) is 0 Å². The highest BCUT2D eigenvalue weighted by molar-refractivity contribution is 8.01. The van der Waals surface area contributed by atoms with E-state index >= 15 is 0 Å². The monoisotopic (exact) mass is 331 g/mol. The second kappa shape index (κ2) is 5.86. The number of carboxylic acid groups (broad SMARTS) is 1. The number of ether oxygens (including phenoxy) is 1. The number of carbonyl (C=O) groups is 1. The van der Waals surface area contributed by atoms with Crippen LogP contribution in [0.5, 0.6) is 5.75 Å². The summed E-state index contributed by atoms with van der Waals surface area (Å²) in [4.78, 5) is 11.3. The molecule has 6 nitrogen and oxygen atoms in total. The van der Waals surface area contributed by atoms with E-state index in [9.17, 15) is 18.3 Å². The molecule has 0 aliphatic carbocycles. The molecular formula is C13H17NO5S2. The van der Waals surface area contributed by atoms with Crippen LogP contribution >= 0.6 is 11.8 Å². The van der Waals surface area contributed by atoms with Crippen LogP contribution in [-0.4, -0.2) is 48.1 Å². The molecule has 1 aromatic rings. The second-order valence-corrected chi connectivity index (χ2v) is 7.95. The lowest BCUT2D eigenvalue weighted by molar-refractivity contribution is -0.140. The van der Waals surface area contributed by atoms with Crippen molar-refractivity contribution in [2.75, 3.05) is 12.9 Å². The summed E-state index contributed by atoms with van der Waals surface area (Å²) in [6.45, 7) is 3.44. The van der Waals surface area contributed by atoms with E-state index in [4.69, 9.17) is 4.74 Å². The SMILES string of the molecule is COc1ccc(S(=O)(=O)N2C(C)SCC2C(=O)O)cc1C. The van der Waals surface area contributed by atoms with Crippen molar-refractivity contribution in [2.45, 2.75) is 30.2 Å². The number of thioether (sulfide) groups is 1. The molecule has 0 aromatic heterocycles. The number of aryl methyl sites for hydroxylation is 1. The van der Waals surface area contributed by atoms with Crippen molar-refractivity contribution in [3.63, 3.8) is 0 Å². The second-order valence-electron chi connectivity index (χ2n) is 4.75. The molecule has 1 N–H and O–H groups in total. The molecule has 1 fully saturated rings. The van der Waals surface area contributed by atoms with Gasteiger partial charge in [0.05, 0.1) is 17.4 Å². The molecule has 2 rings (SSSR count). The van der Waals surface area contributed by atoms with Gasteiger partial charge >= 0.3 is 5.97 Å². The van der Waals surface area contributed by atoms with Crippen molar-refractivity contribution < 1.29 is 23.1 Å². The smallest absolute Gasteiger partial charge is 0.322 e. The lowest BCUT2D eigenvalue weighted by Crippen LogP contribution is -2.44. The quantitative estimate of drug-likeness (QED) is 0.901. The topological polar surface area (TPSA) is 83.9 Å². The Morgan fingerprint density at radius 2 is 2.14 bits per heavy atom. The third-order valence-corrected chi connectivity index (χ3v) is 6.71. The van der Waals surface area contributed by atoms with E-state index < -0.39 is 27.4 Å². The largest absolute Gasteiger partial charge is 0.496 e. The standard InChI is InChI=1S/C13H17NO5S2/c1-8-6-10(4-5-12(8)19-3)21(17,18)14-9(2)20-7-11(14)13(15)16/h4-6,9,11H,7H2,1-3H3,(H,15,16). The molecule has 8 heteroatoms. The van der Waals surface area contributed by atoms with Crippen LogP contribution in [-0.2, 0) is 14.8 Å². The Kier molecular flexibility index (Phi) is 4.50. The fourth-order valence-electron chi connectivity index (χ4n) is 2.31. The molecule has 1 heterocycles. The Morgan fingerprint density at radius 3 is 2.67 bits per heavy atom. The van der Waals surface area contributed by atoms with Gasteiger partial charge in [0.25, 0.3) is 0 Å². The number of nitrogens with zero attached hydrogens (tertiary/aromatic N) is 1.